The van der Waals surface area contributed by atoms with Crippen molar-refractivity contribution in [2.75, 3.05) is 18.1 Å². The smallest absolute Gasteiger partial charge is 0.00103 e. The van der Waals surface area contributed by atoms with Crippen molar-refractivity contribution < 1.29 is 0 Å². The second kappa shape index (κ2) is 7.93. The van der Waals surface area contributed by atoms with Crippen LogP contribution in [0.15, 0.2) is 0 Å². The first-order chi connectivity index (χ1) is 5.63. The summed E-state index contributed by atoms with van der Waals surface area (Å²) in [5.41, 5.74) is 0. The summed E-state index contributed by atoms with van der Waals surface area (Å²) < 4.78 is 0. The van der Waals surface area contributed by atoms with Gasteiger partial charge in [0.1, 0.15) is 0 Å². The van der Waals surface area contributed by atoms with Gasteiger partial charge in [0.05, 0.1) is 0 Å². The van der Waals surface area contributed by atoms with Gasteiger partial charge in [0, 0.05) is 6.04 Å². The van der Waals surface area contributed by atoms with Crippen molar-refractivity contribution >= 4 is 11.8 Å². The van der Waals surface area contributed by atoms with Crippen molar-refractivity contribution in [3.63, 3.8) is 0 Å². The van der Waals surface area contributed by atoms with Crippen LogP contribution in [0.2, 0.25) is 0 Å². The maximum Gasteiger partial charge on any atom is 0.00103 e. The molecular formula is C10H23NS. The van der Waals surface area contributed by atoms with Gasteiger partial charge in [0.25, 0.3) is 0 Å². The minimum absolute atomic E-state index is 0.639. The average Bonchev–Trinajstić information content (AvgIpc) is 1.95. The summed E-state index contributed by atoms with van der Waals surface area (Å²) in [7, 11) is 0. The Balaban J connectivity index is 2.91. The molecule has 0 atom stereocenters. The van der Waals surface area contributed by atoms with E-state index in [1.165, 1.54) is 24.5 Å². The monoisotopic (exact) mass is 189 g/mol. The minimum atomic E-state index is 0.639. The molecule has 0 aromatic heterocycles. The van der Waals surface area contributed by atoms with Gasteiger partial charge in [0.15, 0.2) is 0 Å². The second-order valence-electron chi connectivity index (χ2n) is 3.93. The molecule has 1 nitrogen and oxygen atoms in total. The Kier molecular flexibility index (Phi) is 8.14. The molecular weight excluding hydrogens is 166 g/mol. The lowest BCUT2D eigenvalue weighted by Crippen LogP contribution is -2.23. The predicted octanol–water partition coefficient (Wildman–Crippen LogP) is 2.76. The number of rotatable bonds is 7. The van der Waals surface area contributed by atoms with Crippen LogP contribution in [0.3, 0.4) is 0 Å². The molecule has 12 heavy (non-hydrogen) atoms. The zero-order chi connectivity index (χ0) is 9.40. The first-order valence-corrected chi connectivity index (χ1v) is 6.09. The third-order valence-corrected chi connectivity index (χ3v) is 2.95. The van der Waals surface area contributed by atoms with E-state index >= 15 is 0 Å². The van der Waals surface area contributed by atoms with E-state index in [0.29, 0.717) is 6.04 Å². The highest BCUT2D eigenvalue weighted by Gasteiger charge is 1.95. The fraction of sp³-hybridized carbons (Fsp3) is 1.00. The Morgan fingerprint density at radius 3 is 2.33 bits per heavy atom. The number of thioether (sulfide) groups is 1. The molecule has 0 aromatic carbocycles. The molecule has 0 aliphatic carbocycles. The van der Waals surface area contributed by atoms with Crippen LogP contribution >= 0.6 is 11.8 Å². The van der Waals surface area contributed by atoms with Gasteiger partial charge in [-0.25, -0.2) is 0 Å². The normalized spacial score (nSPS) is 11.5. The molecule has 0 bridgehead atoms. The highest BCUT2D eigenvalue weighted by Crippen LogP contribution is 2.07. The molecule has 0 aliphatic heterocycles. The van der Waals surface area contributed by atoms with E-state index in [4.69, 9.17) is 0 Å². The van der Waals surface area contributed by atoms with Gasteiger partial charge in [-0.3, -0.25) is 0 Å². The summed E-state index contributed by atoms with van der Waals surface area (Å²) in [6, 6.07) is 0.639. The van der Waals surface area contributed by atoms with Crippen molar-refractivity contribution in [3.05, 3.63) is 0 Å². The summed E-state index contributed by atoms with van der Waals surface area (Å²) in [6.07, 6.45) is 1.30. The van der Waals surface area contributed by atoms with Crippen LogP contribution < -0.4 is 5.32 Å². The first-order valence-electron chi connectivity index (χ1n) is 4.94. The first kappa shape index (κ1) is 12.3. The standard InChI is InChI=1S/C10H23NS/c1-9(2)8-12-7-5-6-11-10(3)4/h9-11H,5-8H2,1-4H3. The molecule has 0 spiro atoms. The Hall–Kier alpha value is 0.310. The molecule has 0 radical (unpaired) electrons. The lowest BCUT2D eigenvalue weighted by atomic mass is 10.3. The average molecular weight is 189 g/mol. The predicted molar refractivity (Wildman–Crippen MR) is 59.9 cm³/mol. The maximum absolute atomic E-state index is 3.42. The van der Waals surface area contributed by atoms with Crippen LogP contribution in [0.1, 0.15) is 34.1 Å². The topological polar surface area (TPSA) is 12.0 Å². The summed E-state index contributed by atoms with van der Waals surface area (Å²) in [6.45, 7) is 10.1. The van der Waals surface area contributed by atoms with Crippen molar-refractivity contribution in [2.45, 2.75) is 40.2 Å². The van der Waals surface area contributed by atoms with E-state index in [-0.39, 0.29) is 0 Å². The minimum Gasteiger partial charge on any atom is -0.315 e. The van der Waals surface area contributed by atoms with Gasteiger partial charge in [-0.1, -0.05) is 27.7 Å². The van der Waals surface area contributed by atoms with E-state index in [0.717, 1.165) is 5.92 Å². The fourth-order valence-electron chi connectivity index (χ4n) is 0.884. The summed E-state index contributed by atoms with van der Waals surface area (Å²) in [5, 5.41) is 3.42. The molecule has 0 amide bonds. The largest absolute Gasteiger partial charge is 0.315 e. The Bertz CT molecular complexity index is 79.8. The highest BCUT2D eigenvalue weighted by molar-refractivity contribution is 7.99. The van der Waals surface area contributed by atoms with Crippen molar-refractivity contribution in [3.8, 4) is 0 Å². The number of hydrogen-bond donors (Lipinski definition) is 1. The maximum atomic E-state index is 3.42. The van der Waals surface area contributed by atoms with Crippen LogP contribution in [-0.4, -0.2) is 24.1 Å². The van der Waals surface area contributed by atoms with Gasteiger partial charge in [-0.05, 0) is 30.4 Å². The lowest BCUT2D eigenvalue weighted by molar-refractivity contribution is 0.585. The van der Waals surface area contributed by atoms with Gasteiger partial charge in [-0.15, -0.1) is 0 Å². The van der Waals surface area contributed by atoms with Gasteiger partial charge in [0.2, 0.25) is 0 Å². The summed E-state index contributed by atoms with van der Waals surface area (Å²) >= 11 is 2.07. The molecule has 74 valence electrons. The van der Waals surface area contributed by atoms with E-state index in [1.807, 2.05) is 0 Å². The molecule has 0 heterocycles. The van der Waals surface area contributed by atoms with Gasteiger partial charge < -0.3 is 5.32 Å². The highest BCUT2D eigenvalue weighted by atomic mass is 32.2. The molecule has 1 N–H and O–H groups in total. The molecule has 0 saturated heterocycles. The summed E-state index contributed by atoms with van der Waals surface area (Å²) in [4.78, 5) is 0. The van der Waals surface area contributed by atoms with Crippen LogP contribution in [0.5, 0.6) is 0 Å². The van der Waals surface area contributed by atoms with E-state index < -0.39 is 0 Å². The van der Waals surface area contributed by atoms with Crippen LogP contribution in [0.4, 0.5) is 0 Å². The molecule has 2 heteroatoms. The SMILES string of the molecule is CC(C)CSCCCNC(C)C. The fourth-order valence-corrected chi connectivity index (χ4v) is 1.87. The molecule has 0 unspecified atom stereocenters. The van der Waals surface area contributed by atoms with Crippen molar-refractivity contribution in [1.29, 1.82) is 0 Å². The molecule has 0 aliphatic rings. The number of hydrogen-bond acceptors (Lipinski definition) is 2. The number of nitrogens with one attached hydrogen (secondary N) is 1. The third kappa shape index (κ3) is 10.3. The molecule has 0 saturated carbocycles. The van der Waals surface area contributed by atoms with Crippen LogP contribution in [0, 0.1) is 5.92 Å². The van der Waals surface area contributed by atoms with Crippen molar-refractivity contribution in [2.24, 2.45) is 5.92 Å². The Morgan fingerprint density at radius 1 is 1.17 bits per heavy atom. The van der Waals surface area contributed by atoms with Gasteiger partial charge in [-0.2, -0.15) is 11.8 Å². The second-order valence-corrected chi connectivity index (χ2v) is 5.08. The zero-order valence-electron chi connectivity index (χ0n) is 8.89. The quantitative estimate of drug-likeness (QED) is 0.618. The Labute approximate surface area is 81.7 Å². The summed E-state index contributed by atoms with van der Waals surface area (Å²) in [5.74, 6) is 3.45. The molecule has 0 fully saturated rings. The van der Waals surface area contributed by atoms with Gasteiger partial charge >= 0.3 is 0 Å². The third-order valence-electron chi connectivity index (χ3n) is 1.47. The molecule has 0 aromatic rings. The zero-order valence-corrected chi connectivity index (χ0v) is 9.71. The lowest BCUT2D eigenvalue weighted by Gasteiger charge is -2.08. The van der Waals surface area contributed by atoms with E-state index in [2.05, 4.69) is 44.8 Å². The Morgan fingerprint density at radius 2 is 1.83 bits per heavy atom. The van der Waals surface area contributed by atoms with Crippen molar-refractivity contribution in [1.82, 2.24) is 5.32 Å². The van der Waals surface area contributed by atoms with Crippen LogP contribution in [0.25, 0.3) is 0 Å². The van der Waals surface area contributed by atoms with E-state index in [9.17, 15) is 0 Å². The van der Waals surface area contributed by atoms with E-state index in [1.54, 1.807) is 0 Å². The molecule has 0 rings (SSSR count). The van der Waals surface area contributed by atoms with Crippen LogP contribution in [-0.2, 0) is 0 Å².